The van der Waals surface area contributed by atoms with Crippen LogP contribution in [0.3, 0.4) is 0 Å². The molecule has 1 amide bonds. The zero-order valence-electron chi connectivity index (χ0n) is 14.5. The molecule has 3 N–H and O–H groups in total. The maximum absolute atomic E-state index is 12.5. The topological polar surface area (TPSA) is 66.0 Å². The van der Waals surface area contributed by atoms with E-state index in [4.69, 9.17) is 11.6 Å². The maximum Gasteiger partial charge on any atom is 0.260 e. The molecule has 26 heavy (non-hydrogen) atoms. The van der Waals surface area contributed by atoms with Gasteiger partial charge in [-0.05, 0) is 42.2 Å². The molecular formula is C19H19ClN4OS. The molecule has 0 aliphatic carbocycles. The lowest BCUT2D eigenvalue weighted by molar-refractivity contribution is 0.102. The van der Waals surface area contributed by atoms with Crippen molar-refractivity contribution < 1.29 is 4.79 Å². The predicted molar refractivity (Wildman–Crippen MR) is 110 cm³/mol. The van der Waals surface area contributed by atoms with Crippen LogP contribution in [0.4, 0.5) is 16.4 Å². The second-order valence-electron chi connectivity index (χ2n) is 5.71. The Bertz CT molecular complexity index is 911. The van der Waals surface area contributed by atoms with Crippen LogP contribution < -0.4 is 16.0 Å². The number of nitrogens with zero attached hydrogens (tertiary/aromatic N) is 1. The summed E-state index contributed by atoms with van der Waals surface area (Å²) in [5.74, 6) is -0.207. The van der Waals surface area contributed by atoms with Crippen molar-refractivity contribution >= 4 is 45.4 Å². The predicted octanol–water partition coefficient (Wildman–Crippen LogP) is 5.01. The van der Waals surface area contributed by atoms with Crippen molar-refractivity contribution in [1.29, 1.82) is 0 Å². The SMILES string of the molecule is CNc1snc(C)c1C(=O)Nc1ccc(NCc2ccccc2)c(Cl)c1. The van der Waals surface area contributed by atoms with Crippen LogP contribution in [0.1, 0.15) is 21.6 Å². The van der Waals surface area contributed by atoms with Gasteiger partial charge in [0.25, 0.3) is 5.91 Å². The smallest absolute Gasteiger partial charge is 0.260 e. The largest absolute Gasteiger partial charge is 0.380 e. The third-order valence-electron chi connectivity index (χ3n) is 3.87. The molecule has 0 atom stereocenters. The number of hydrogen-bond acceptors (Lipinski definition) is 5. The van der Waals surface area contributed by atoms with E-state index < -0.39 is 0 Å². The van der Waals surface area contributed by atoms with Gasteiger partial charge in [-0.25, -0.2) is 0 Å². The van der Waals surface area contributed by atoms with Gasteiger partial charge < -0.3 is 16.0 Å². The van der Waals surface area contributed by atoms with Crippen molar-refractivity contribution in [2.75, 3.05) is 23.0 Å². The molecule has 3 aromatic rings. The summed E-state index contributed by atoms with van der Waals surface area (Å²) in [6.07, 6.45) is 0. The second kappa shape index (κ2) is 8.21. The van der Waals surface area contributed by atoms with Gasteiger partial charge >= 0.3 is 0 Å². The number of aromatic nitrogens is 1. The molecule has 0 spiro atoms. The Labute approximate surface area is 161 Å². The van der Waals surface area contributed by atoms with Crippen LogP contribution in [-0.4, -0.2) is 17.3 Å². The van der Waals surface area contributed by atoms with E-state index in [1.165, 1.54) is 17.1 Å². The van der Waals surface area contributed by atoms with Crippen LogP contribution in [-0.2, 0) is 6.54 Å². The number of halogens is 1. The number of amides is 1. The summed E-state index contributed by atoms with van der Waals surface area (Å²) >= 11 is 7.62. The number of hydrogen-bond donors (Lipinski definition) is 3. The minimum Gasteiger partial charge on any atom is -0.380 e. The molecule has 5 nitrogen and oxygen atoms in total. The quantitative estimate of drug-likeness (QED) is 0.557. The first-order valence-electron chi connectivity index (χ1n) is 8.11. The van der Waals surface area contributed by atoms with Crippen LogP contribution in [0.25, 0.3) is 0 Å². The van der Waals surface area contributed by atoms with E-state index in [0.29, 0.717) is 28.5 Å². The maximum atomic E-state index is 12.5. The molecule has 1 aromatic heterocycles. The lowest BCUT2D eigenvalue weighted by Gasteiger charge is -2.11. The minimum atomic E-state index is -0.207. The van der Waals surface area contributed by atoms with Crippen molar-refractivity contribution in [1.82, 2.24) is 4.37 Å². The molecule has 0 aliphatic heterocycles. The molecule has 0 fully saturated rings. The van der Waals surface area contributed by atoms with Crippen LogP contribution in [0.2, 0.25) is 5.02 Å². The lowest BCUT2D eigenvalue weighted by Crippen LogP contribution is -2.14. The van der Waals surface area contributed by atoms with Crippen molar-refractivity contribution in [2.45, 2.75) is 13.5 Å². The summed E-state index contributed by atoms with van der Waals surface area (Å²) in [5, 5.41) is 10.5. The molecule has 0 bridgehead atoms. The minimum absolute atomic E-state index is 0.207. The Morgan fingerprint density at radius 1 is 1.19 bits per heavy atom. The van der Waals surface area contributed by atoms with Gasteiger partial charge in [0.15, 0.2) is 0 Å². The van der Waals surface area contributed by atoms with E-state index in [-0.39, 0.29) is 5.91 Å². The average Bonchev–Trinajstić information content (AvgIpc) is 3.02. The van der Waals surface area contributed by atoms with Gasteiger partial charge in [-0.3, -0.25) is 4.79 Å². The Balaban J connectivity index is 1.69. The number of benzene rings is 2. The standard InChI is InChI=1S/C19H19ClN4OS/c1-12-17(19(21-2)26-24-12)18(25)23-14-8-9-16(15(20)10-14)22-11-13-6-4-3-5-7-13/h3-10,21-22H,11H2,1-2H3,(H,23,25). The van der Waals surface area contributed by atoms with Crippen molar-refractivity contribution in [2.24, 2.45) is 0 Å². The molecule has 0 saturated heterocycles. The number of carbonyl (C=O) groups is 1. The van der Waals surface area contributed by atoms with E-state index in [1.54, 1.807) is 13.1 Å². The van der Waals surface area contributed by atoms with E-state index in [2.05, 4.69) is 20.3 Å². The highest BCUT2D eigenvalue weighted by atomic mass is 35.5. The summed E-state index contributed by atoms with van der Waals surface area (Å²) in [5.41, 5.74) is 3.88. The van der Waals surface area contributed by atoms with E-state index in [0.717, 1.165) is 10.7 Å². The molecule has 0 radical (unpaired) electrons. The number of aryl methyl sites for hydroxylation is 1. The summed E-state index contributed by atoms with van der Waals surface area (Å²) in [7, 11) is 1.77. The molecule has 7 heteroatoms. The normalized spacial score (nSPS) is 10.4. The molecule has 3 rings (SSSR count). The van der Waals surface area contributed by atoms with Crippen molar-refractivity contribution in [3.8, 4) is 0 Å². The van der Waals surface area contributed by atoms with E-state index in [9.17, 15) is 4.79 Å². The van der Waals surface area contributed by atoms with Crippen LogP contribution in [0.15, 0.2) is 48.5 Å². The number of anilines is 3. The third-order valence-corrected chi connectivity index (χ3v) is 5.14. The summed E-state index contributed by atoms with van der Waals surface area (Å²) in [6.45, 7) is 2.49. The van der Waals surface area contributed by atoms with Gasteiger partial charge in [0.2, 0.25) is 0 Å². The highest BCUT2D eigenvalue weighted by molar-refractivity contribution is 7.10. The van der Waals surface area contributed by atoms with Gasteiger partial charge in [0.05, 0.1) is 22.0 Å². The number of carbonyl (C=O) groups excluding carboxylic acids is 1. The summed E-state index contributed by atoms with van der Waals surface area (Å²) < 4.78 is 4.22. The Hall–Kier alpha value is -2.57. The number of nitrogens with one attached hydrogen (secondary N) is 3. The Morgan fingerprint density at radius 2 is 1.96 bits per heavy atom. The molecule has 0 unspecified atom stereocenters. The molecule has 0 saturated carbocycles. The Morgan fingerprint density at radius 3 is 2.65 bits per heavy atom. The van der Waals surface area contributed by atoms with E-state index >= 15 is 0 Å². The van der Waals surface area contributed by atoms with Gasteiger partial charge in [0, 0.05) is 19.3 Å². The Kier molecular flexibility index (Phi) is 5.75. The zero-order chi connectivity index (χ0) is 18.5. The van der Waals surface area contributed by atoms with Gasteiger partial charge in [0.1, 0.15) is 5.00 Å². The number of rotatable bonds is 6. The van der Waals surface area contributed by atoms with E-state index in [1.807, 2.05) is 49.4 Å². The molecule has 0 aliphatic rings. The van der Waals surface area contributed by atoms with Crippen LogP contribution >= 0.6 is 23.1 Å². The van der Waals surface area contributed by atoms with Crippen LogP contribution in [0.5, 0.6) is 0 Å². The fourth-order valence-electron chi connectivity index (χ4n) is 2.53. The third kappa shape index (κ3) is 4.15. The summed E-state index contributed by atoms with van der Waals surface area (Å²) in [4.78, 5) is 12.5. The van der Waals surface area contributed by atoms with Crippen molar-refractivity contribution in [3.05, 3.63) is 70.4 Å². The first-order valence-corrected chi connectivity index (χ1v) is 9.26. The van der Waals surface area contributed by atoms with Gasteiger partial charge in [-0.15, -0.1) is 0 Å². The lowest BCUT2D eigenvalue weighted by atomic mass is 10.2. The molecule has 1 heterocycles. The monoisotopic (exact) mass is 386 g/mol. The first kappa shape index (κ1) is 18.2. The van der Waals surface area contributed by atoms with Gasteiger partial charge in [-0.2, -0.15) is 4.37 Å². The van der Waals surface area contributed by atoms with Gasteiger partial charge in [-0.1, -0.05) is 41.9 Å². The zero-order valence-corrected chi connectivity index (χ0v) is 16.0. The first-order chi connectivity index (χ1) is 12.6. The molecule has 134 valence electrons. The molecule has 2 aromatic carbocycles. The molecular weight excluding hydrogens is 368 g/mol. The van der Waals surface area contributed by atoms with Crippen LogP contribution in [0, 0.1) is 6.92 Å². The second-order valence-corrected chi connectivity index (χ2v) is 6.89. The summed E-state index contributed by atoms with van der Waals surface area (Å²) in [6, 6.07) is 15.5. The fraction of sp³-hybridized carbons (Fsp3) is 0.158. The highest BCUT2D eigenvalue weighted by Crippen LogP contribution is 2.28. The fourth-order valence-corrected chi connectivity index (χ4v) is 3.52. The van der Waals surface area contributed by atoms with Crippen molar-refractivity contribution in [3.63, 3.8) is 0 Å². The average molecular weight is 387 g/mol. The highest BCUT2D eigenvalue weighted by Gasteiger charge is 2.18.